The molecule has 1 aromatic rings. The number of pyridine rings is 1. The highest BCUT2D eigenvalue weighted by molar-refractivity contribution is 5.13. The molecule has 4 nitrogen and oxygen atoms in total. The molecular formula is C12H20N2O2. The van der Waals surface area contributed by atoms with E-state index in [1.165, 1.54) is 0 Å². The number of hydrogen-bond donors (Lipinski definition) is 1. The zero-order valence-corrected chi connectivity index (χ0v) is 10.1. The van der Waals surface area contributed by atoms with Crippen molar-refractivity contribution in [3.05, 3.63) is 30.1 Å². The van der Waals surface area contributed by atoms with E-state index in [4.69, 9.17) is 15.2 Å². The predicted octanol–water partition coefficient (Wildman–Crippen LogP) is 1.52. The minimum atomic E-state index is -0.140. The van der Waals surface area contributed by atoms with Crippen molar-refractivity contribution in [1.29, 1.82) is 0 Å². The lowest BCUT2D eigenvalue weighted by molar-refractivity contribution is -0.0482. The Bertz CT molecular complexity index is 290. The maximum absolute atomic E-state index is 5.92. The summed E-state index contributed by atoms with van der Waals surface area (Å²) in [6.45, 7) is 4.45. The maximum atomic E-state index is 5.92. The molecule has 0 saturated heterocycles. The lowest BCUT2D eigenvalue weighted by Gasteiger charge is -2.25. The molecule has 0 fully saturated rings. The van der Waals surface area contributed by atoms with Gasteiger partial charge in [0.1, 0.15) is 0 Å². The first-order valence-corrected chi connectivity index (χ1v) is 5.45. The Morgan fingerprint density at radius 2 is 2.19 bits per heavy atom. The summed E-state index contributed by atoms with van der Waals surface area (Å²) < 4.78 is 10.9. The molecule has 0 saturated carbocycles. The predicted molar refractivity (Wildman–Crippen MR) is 63.1 cm³/mol. The Labute approximate surface area is 96.8 Å². The summed E-state index contributed by atoms with van der Waals surface area (Å²) in [6.07, 6.45) is 3.40. The zero-order chi connectivity index (χ0) is 12.0. The van der Waals surface area contributed by atoms with Gasteiger partial charge in [-0.1, -0.05) is 6.07 Å². The number of rotatable bonds is 6. The molecule has 0 spiro atoms. The molecule has 3 unspecified atom stereocenters. The third-order valence-electron chi connectivity index (χ3n) is 2.27. The monoisotopic (exact) mass is 224 g/mol. The van der Waals surface area contributed by atoms with E-state index in [2.05, 4.69) is 4.98 Å². The van der Waals surface area contributed by atoms with Crippen molar-refractivity contribution in [2.45, 2.75) is 32.1 Å². The lowest BCUT2D eigenvalue weighted by Crippen LogP contribution is -2.31. The summed E-state index contributed by atoms with van der Waals surface area (Å²) in [5, 5.41) is 0. The number of aromatic nitrogens is 1. The van der Waals surface area contributed by atoms with E-state index >= 15 is 0 Å². The van der Waals surface area contributed by atoms with Crippen molar-refractivity contribution >= 4 is 0 Å². The highest BCUT2D eigenvalue weighted by Gasteiger charge is 2.19. The summed E-state index contributed by atoms with van der Waals surface area (Å²) in [4.78, 5) is 4.07. The standard InChI is InChI=1S/C12H20N2O2/c1-9(8-15-3)16-12(10(2)13)11-5-4-6-14-7-11/h4-7,9-10,12H,8,13H2,1-3H3. The molecule has 0 aliphatic carbocycles. The normalized spacial score (nSPS) is 16.8. The fourth-order valence-electron chi connectivity index (χ4n) is 1.57. The first kappa shape index (κ1) is 13.1. The van der Waals surface area contributed by atoms with Gasteiger partial charge in [0, 0.05) is 31.1 Å². The van der Waals surface area contributed by atoms with E-state index in [0.717, 1.165) is 5.56 Å². The molecule has 4 heteroatoms. The Hall–Kier alpha value is -0.970. The van der Waals surface area contributed by atoms with E-state index in [-0.39, 0.29) is 18.2 Å². The number of methoxy groups -OCH3 is 1. The molecule has 0 aliphatic rings. The van der Waals surface area contributed by atoms with Crippen LogP contribution in [0.1, 0.15) is 25.5 Å². The summed E-state index contributed by atoms with van der Waals surface area (Å²) in [5.74, 6) is 0. The summed E-state index contributed by atoms with van der Waals surface area (Å²) in [7, 11) is 1.66. The molecule has 0 aromatic carbocycles. The molecule has 0 amide bonds. The molecular weight excluding hydrogens is 204 g/mol. The molecule has 1 heterocycles. The second-order valence-electron chi connectivity index (χ2n) is 3.97. The fourth-order valence-corrected chi connectivity index (χ4v) is 1.57. The highest BCUT2D eigenvalue weighted by Crippen LogP contribution is 2.21. The third-order valence-corrected chi connectivity index (χ3v) is 2.27. The Balaban J connectivity index is 2.69. The number of nitrogens with zero attached hydrogens (tertiary/aromatic N) is 1. The zero-order valence-electron chi connectivity index (χ0n) is 10.1. The summed E-state index contributed by atoms with van der Waals surface area (Å²) in [6, 6.07) is 3.78. The number of hydrogen-bond acceptors (Lipinski definition) is 4. The van der Waals surface area contributed by atoms with Gasteiger partial charge in [-0.25, -0.2) is 0 Å². The topological polar surface area (TPSA) is 57.4 Å². The average Bonchev–Trinajstić information content (AvgIpc) is 2.27. The van der Waals surface area contributed by atoms with Crippen molar-refractivity contribution in [3.8, 4) is 0 Å². The fraction of sp³-hybridized carbons (Fsp3) is 0.583. The molecule has 16 heavy (non-hydrogen) atoms. The Morgan fingerprint density at radius 3 is 2.69 bits per heavy atom. The van der Waals surface area contributed by atoms with E-state index in [0.29, 0.717) is 6.61 Å². The van der Waals surface area contributed by atoms with Gasteiger partial charge in [0.15, 0.2) is 0 Å². The van der Waals surface area contributed by atoms with E-state index < -0.39 is 0 Å². The van der Waals surface area contributed by atoms with Crippen molar-refractivity contribution < 1.29 is 9.47 Å². The van der Waals surface area contributed by atoms with Crippen LogP contribution < -0.4 is 5.73 Å². The van der Waals surface area contributed by atoms with Crippen LogP contribution in [0.2, 0.25) is 0 Å². The van der Waals surface area contributed by atoms with Gasteiger partial charge < -0.3 is 15.2 Å². The number of ether oxygens (including phenoxy) is 2. The van der Waals surface area contributed by atoms with E-state index in [1.54, 1.807) is 19.5 Å². The van der Waals surface area contributed by atoms with Crippen LogP contribution in [0.15, 0.2) is 24.5 Å². The second-order valence-corrected chi connectivity index (χ2v) is 3.97. The van der Waals surface area contributed by atoms with Crippen molar-refractivity contribution in [2.75, 3.05) is 13.7 Å². The van der Waals surface area contributed by atoms with Gasteiger partial charge in [-0.2, -0.15) is 0 Å². The molecule has 90 valence electrons. The minimum Gasteiger partial charge on any atom is -0.382 e. The molecule has 0 radical (unpaired) electrons. The van der Waals surface area contributed by atoms with Crippen LogP contribution in [0.3, 0.4) is 0 Å². The second kappa shape index (κ2) is 6.58. The highest BCUT2D eigenvalue weighted by atomic mass is 16.5. The first-order chi connectivity index (χ1) is 7.65. The van der Waals surface area contributed by atoms with E-state index in [9.17, 15) is 0 Å². The molecule has 1 aromatic heterocycles. The van der Waals surface area contributed by atoms with Gasteiger partial charge in [-0.15, -0.1) is 0 Å². The van der Waals surface area contributed by atoms with Gasteiger partial charge in [0.25, 0.3) is 0 Å². The van der Waals surface area contributed by atoms with Crippen LogP contribution in [0, 0.1) is 0 Å². The van der Waals surface area contributed by atoms with Crippen LogP contribution in [0.4, 0.5) is 0 Å². The minimum absolute atomic E-state index is 0.0150. The van der Waals surface area contributed by atoms with Crippen LogP contribution in [-0.2, 0) is 9.47 Å². The molecule has 0 aliphatic heterocycles. The third kappa shape index (κ3) is 3.89. The average molecular weight is 224 g/mol. The quantitative estimate of drug-likeness (QED) is 0.796. The molecule has 0 bridgehead atoms. The van der Waals surface area contributed by atoms with Gasteiger partial charge >= 0.3 is 0 Å². The largest absolute Gasteiger partial charge is 0.382 e. The lowest BCUT2D eigenvalue weighted by atomic mass is 10.1. The number of nitrogens with two attached hydrogens (primary N) is 1. The summed E-state index contributed by atoms with van der Waals surface area (Å²) in [5.41, 5.74) is 6.92. The SMILES string of the molecule is COCC(C)OC(c1cccnc1)C(C)N. The summed E-state index contributed by atoms with van der Waals surface area (Å²) >= 11 is 0. The van der Waals surface area contributed by atoms with Gasteiger partial charge in [0.2, 0.25) is 0 Å². The van der Waals surface area contributed by atoms with Crippen molar-refractivity contribution in [3.63, 3.8) is 0 Å². The van der Waals surface area contributed by atoms with Gasteiger partial charge in [-0.05, 0) is 19.9 Å². The molecule has 3 atom stereocenters. The first-order valence-electron chi connectivity index (χ1n) is 5.45. The van der Waals surface area contributed by atoms with Gasteiger partial charge in [0.05, 0.1) is 18.8 Å². The Morgan fingerprint density at radius 1 is 1.44 bits per heavy atom. The van der Waals surface area contributed by atoms with Crippen LogP contribution in [0.5, 0.6) is 0 Å². The van der Waals surface area contributed by atoms with Crippen LogP contribution in [0.25, 0.3) is 0 Å². The molecule has 1 rings (SSSR count). The van der Waals surface area contributed by atoms with Crippen LogP contribution in [-0.4, -0.2) is 30.8 Å². The van der Waals surface area contributed by atoms with Gasteiger partial charge in [-0.3, -0.25) is 4.98 Å². The maximum Gasteiger partial charge on any atom is 0.0992 e. The smallest absolute Gasteiger partial charge is 0.0992 e. The van der Waals surface area contributed by atoms with Crippen LogP contribution >= 0.6 is 0 Å². The van der Waals surface area contributed by atoms with Crippen molar-refractivity contribution in [1.82, 2.24) is 4.98 Å². The van der Waals surface area contributed by atoms with E-state index in [1.807, 2.05) is 26.0 Å². The van der Waals surface area contributed by atoms with Crippen molar-refractivity contribution in [2.24, 2.45) is 5.73 Å². The Kier molecular flexibility index (Phi) is 5.38. The molecule has 2 N–H and O–H groups in total.